The third-order valence-electron chi connectivity index (χ3n) is 4.87. The predicted molar refractivity (Wildman–Crippen MR) is 127 cm³/mol. The molecule has 3 aromatic rings. The molecule has 0 saturated carbocycles. The topological polar surface area (TPSA) is 55.8 Å². The third kappa shape index (κ3) is 4.98. The van der Waals surface area contributed by atoms with Crippen molar-refractivity contribution in [1.29, 1.82) is 0 Å². The molecule has 0 aromatic heterocycles. The van der Waals surface area contributed by atoms with E-state index in [-0.39, 0.29) is 17.7 Å². The normalized spacial score (nSPS) is 14.8. The Morgan fingerprint density at radius 2 is 1.69 bits per heavy atom. The zero-order valence-electron chi connectivity index (χ0n) is 17.3. The highest BCUT2D eigenvalue weighted by Gasteiger charge is 2.35. The average Bonchev–Trinajstić information content (AvgIpc) is 3.07. The lowest BCUT2D eigenvalue weighted by Crippen LogP contribution is -2.27. The summed E-state index contributed by atoms with van der Waals surface area (Å²) in [5.41, 5.74) is 2.50. The van der Waals surface area contributed by atoms with Gasteiger partial charge in [-0.1, -0.05) is 66.2 Å². The minimum absolute atomic E-state index is 0.189. The van der Waals surface area contributed by atoms with Gasteiger partial charge < -0.3 is 9.47 Å². The molecule has 32 heavy (non-hydrogen) atoms. The Morgan fingerprint density at radius 1 is 0.938 bits per heavy atom. The van der Waals surface area contributed by atoms with Crippen LogP contribution in [0.5, 0.6) is 11.5 Å². The Hall–Kier alpha value is -3.22. The molecule has 5 nitrogen and oxygen atoms in total. The van der Waals surface area contributed by atoms with Crippen molar-refractivity contribution >= 4 is 40.6 Å². The smallest absolute Gasteiger partial charge is 0.293 e. The Labute approximate surface area is 195 Å². The molecule has 4 rings (SSSR count). The molecule has 1 heterocycles. The van der Waals surface area contributed by atoms with Gasteiger partial charge in [-0.3, -0.25) is 14.5 Å². The number of thioether (sulfide) groups is 1. The van der Waals surface area contributed by atoms with Gasteiger partial charge in [0.15, 0.2) is 11.5 Å². The molecule has 0 spiro atoms. The van der Waals surface area contributed by atoms with Gasteiger partial charge in [-0.2, -0.15) is 0 Å². The van der Waals surface area contributed by atoms with Crippen molar-refractivity contribution in [3.8, 4) is 11.5 Å². The van der Waals surface area contributed by atoms with Crippen LogP contribution >= 0.6 is 23.4 Å². The molecule has 0 unspecified atom stereocenters. The second-order valence-electron chi connectivity index (χ2n) is 7.05. The Kier molecular flexibility index (Phi) is 6.83. The number of halogens is 1. The Bertz CT molecular complexity index is 1160. The Balaban J connectivity index is 1.58. The molecule has 0 bridgehead atoms. The van der Waals surface area contributed by atoms with Gasteiger partial charge in [0, 0.05) is 10.6 Å². The maximum atomic E-state index is 13.0. The fourth-order valence-corrected chi connectivity index (χ4v) is 4.20. The molecule has 162 valence electrons. The van der Waals surface area contributed by atoms with E-state index in [4.69, 9.17) is 21.1 Å². The minimum atomic E-state index is -0.341. The van der Waals surface area contributed by atoms with E-state index in [1.807, 2.05) is 42.5 Å². The molecule has 0 N–H and O–H groups in total. The second kappa shape index (κ2) is 9.94. The summed E-state index contributed by atoms with van der Waals surface area (Å²) in [5.74, 6) is 0.727. The summed E-state index contributed by atoms with van der Waals surface area (Å²) >= 11 is 6.83. The number of para-hydroxylation sites is 1. The van der Waals surface area contributed by atoms with E-state index in [0.29, 0.717) is 33.6 Å². The fourth-order valence-electron chi connectivity index (χ4n) is 3.24. The van der Waals surface area contributed by atoms with E-state index in [2.05, 4.69) is 0 Å². The van der Waals surface area contributed by atoms with Crippen molar-refractivity contribution in [3.05, 3.63) is 99.4 Å². The summed E-state index contributed by atoms with van der Waals surface area (Å²) in [7, 11) is 1.56. The van der Waals surface area contributed by atoms with Crippen LogP contribution in [0, 0.1) is 0 Å². The standard InChI is InChI=1S/C25H20ClNO4S/c1-30-21-9-5-8-19(23(21)31-16-18-6-3-2-4-7-18)14-22-24(28)27(25(29)32-22)15-17-10-12-20(26)13-11-17/h2-14H,15-16H2,1H3/b22-14-. The molecular formula is C25H20ClNO4S. The Morgan fingerprint density at radius 3 is 2.41 bits per heavy atom. The van der Waals surface area contributed by atoms with Crippen molar-refractivity contribution in [3.63, 3.8) is 0 Å². The van der Waals surface area contributed by atoms with Gasteiger partial charge in [0.25, 0.3) is 11.1 Å². The number of hydrogen-bond donors (Lipinski definition) is 0. The van der Waals surface area contributed by atoms with Gasteiger partial charge in [0.05, 0.1) is 18.6 Å². The molecule has 0 radical (unpaired) electrons. The van der Waals surface area contributed by atoms with E-state index in [1.54, 1.807) is 43.5 Å². The van der Waals surface area contributed by atoms with Gasteiger partial charge in [-0.05, 0) is 47.2 Å². The third-order valence-corrected chi connectivity index (χ3v) is 6.03. The van der Waals surface area contributed by atoms with Crippen LogP contribution in [-0.4, -0.2) is 23.2 Å². The zero-order chi connectivity index (χ0) is 22.5. The predicted octanol–water partition coefficient (Wildman–Crippen LogP) is 6.16. The molecule has 2 amide bonds. The molecule has 0 aliphatic carbocycles. The van der Waals surface area contributed by atoms with Gasteiger partial charge in [-0.25, -0.2) is 0 Å². The summed E-state index contributed by atoms with van der Waals surface area (Å²) < 4.78 is 11.5. The highest BCUT2D eigenvalue weighted by Crippen LogP contribution is 2.38. The van der Waals surface area contributed by atoms with E-state index < -0.39 is 0 Å². The lowest BCUT2D eigenvalue weighted by Gasteiger charge is -2.14. The number of hydrogen-bond acceptors (Lipinski definition) is 5. The number of amides is 2. The maximum absolute atomic E-state index is 13.0. The number of benzene rings is 3. The first-order valence-corrected chi connectivity index (χ1v) is 11.1. The van der Waals surface area contributed by atoms with E-state index in [0.717, 1.165) is 22.9 Å². The van der Waals surface area contributed by atoms with Crippen molar-refractivity contribution in [2.45, 2.75) is 13.2 Å². The summed E-state index contributed by atoms with van der Waals surface area (Å²) in [4.78, 5) is 27.0. The van der Waals surface area contributed by atoms with E-state index in [9.17, 15) is 9.59 Å². The number of rotatable bonds is 7. The summed E-state index contributed by atoms with van der Waals surface area (Å²) in [6, 6.07) is 22.3. The zero-order valence-corrected chi connectivity index (χ0v) is 18.9. The van der Waals surface area contributed by atoms with Crippen LogP contribution in [0.25, 0.3) is 6.08 Å². The van der Waals surface area contributed by atoms with Crippen LogP contribution in [0.4, 0.5) is 4.79 Å². The lowest BCUT2D eigenvalue weighted by molar-refractivity contribution is -0.123. The highest BCUT2D eigenvalue weighted by molar-refractivity contribution is 8.18. The first kappa shape index (κ1) is 22.0. The summed E-state index contributed by atoms with van der Waals surface area (Å²) in [6.07, 6.45) is 1.68. The molecule has 1 aliphatic heterocycles. The van der Waals surface area contributed by atoms with E-state index >= 15 is 0 Å². The lowest BCUT2D eigenvalue weighted by atomic mass is 10.1. The van der Waals surface area contributed by atoms with Gasteiger partial charge in [0.2, 0.25) is 0 Å². The quantitative estimate of drug-likeness (QED) is 0.391. The molecule has 1 aliphatic rings. The molecule has 3 aromatic carbocycles. The number of ether oxygens (including phenoxy) is 2. The number of imide groups is 1. The SMILES string of the molecule is COc1cccc(/C=C2\SC(=O)N(Cc3ccc(Cl)cc3)C2=O)c1OCc1ccccc1. The first-order chi connectivity index (χ1) is 15.5. The molecule has 0 atom stereocenters. The largest absolute Gasteiger partial charge is 0.493 e. The van der Waals surface area contributed by atoms with Crippen LogP contribution in [0.3, 0.4) is 0 Å². The summed E-state index contributed by atoms with van der Waals surface area (Å²) in [6.45, 7) is 0.536. The van der Waals surface area contributed by atoms with Crippen molar-refractivity contribution in [2.24, 2.45) is 0 Å². The van der Waals surface area contributed by atoms with Crippen LogP contribution in [0.1, 0.15) is 16.7 Å². The van der Waals surface area contributed by atoms with Crippen molar-refractivity contribution in [2.75, 3.05) is 7.11 Å². The minimum Gasteiger partial charge on any atom is -0.493 e. The number of carbonyl (C=O) groups excluding carboxylic acids is 2. The van der Waals surface area contributed by atoms with Crippen LogP contribution < -0.4 is 9.47 Å². The first-order valence-electron chi connectivity index (χ1n) is 9.88. The van der Waals surface area contributed by atoms with Gasteiger partial charge in [-0.15, -0.1) is 0 Å². The van der Waals surface area contributed by atoms with Crippen LogP contribution in [-0.2, 0) is 17.9 Å². The number of nitrogens with zero attached hydrogens (tertiary/aromatic N) is 1. The van der Waals surface area contributed by atoms with Crippen molar-refractivity contribution < 1.29 is 19.1 Å². The number of carbonyl (C=O) groups is 2. The van der Waals surface area contributed by atoms with Gasteiger partial charge in [0.1, 0.15) is 6.61 Å². The average molecular weight is 466 g/mol. The fraction of sp³-hybridized carbons (Fsp3) is 0.120. The van der Waals surface area contributed by atoms with Crippen LogP contribution in [0.15, 0.2) is 77.7 Å². The summed E-state index contributed by atoms with van der Waals surface area (Å²) in [5, 5.41) is 0.287. The maximum Gasteiger partial charge on any atom is 0.293 e. The van der Waals surface area contributed by atoms with Crippen molar-refractivity contribution in [1.82, 2.24) is 4.90 Å². The molecule has 7 heteroatoms. The highest BCUT2D eigenvalue weighted by atomic mass is 35.5. The van der Waals surface area contributed by atoms with Crippen LogP contribution in [0.2, 0.25) is 5.02 Å². The van der Waals surface area contributed by atoms with Gasteiger partial charge >= 0.3 is 0 Å². The number of methoxy groups -OCH3 is 1. The monoisotopic (exact) mass is 465 g/mol. The molecule has 1 saturated heterocycles. The molecule has 1 fully saturated rings. The second-order valence-corrected chi connectivity index (χ2v) is 8.48. The molecular weight excluding hydrogens is 446 g/mol. The van der Waals surface area contributed by atoms with E-state index in [1.165, 1.54) is 4.90 Å².